The van der Waals surface area contributed by atoms with Crippen molar-refractivity contribution in [3.8, 4) is 0 Å². The van der Waals surface area contributed by atoms with Crippen molar-refractivity contribution in [3.63, 3.8) is 0 Å². The van der Waals surface area contributed by atoms with E-state index >= 15 is 0 Å². The first-order chi connectivity index (χ1) is 7.78. The first-order valence-electron chi connectivity index (χ1n) is 6.24. The number of benzene rings is 1. The van der Waals surface area contributed by atoms with Gasteiger partial charge in [0.1, 0.15) is 0 Å². The zero-order chi connectivity index (χ0) is 11.4. The standard InChI is InChI=1S/C14H20ClN/c15-13-7-3-2-6-12(13)14(10-11-16)8-4-1-5-9-14/h2-3,6-7H,1,4-5,8-11,16H2. The van der Waals surface area contributed by atoms with Crippen LogP contribution < -0.4 is 5.73 Å². The molecule has 0 aromatic heterocycles. The Labute approximate surface area is 103 Å². The molecule has 0 unspecified atom stereocenters. The van der Waals surface area contributed by atoms with E-state index in [1.807, 2.05) is 12.1 Å². The highest BCUT2D eigenvalue weighted by Gasteiger charge is 2.34. The molecule has 16 heavy (non-hydrogen) atoms. The van der Waals surface area contributed by atoms with E-state index in [0.717, 1.165) is 18.0 Å². The van der Waals surface area contributed by atoms with Crippen LogP contribution in [0, 0.1) is 0 Å². The summed E-state index contributed by atoms with van der Waals surface area (Å²) in [6.07, 6.45) is 7.53. The minimum Gasteiger partial charge on any atom is -0.330 e. The van der Waals surface area contributed by atoms with Crippen LogP contribution in [0.15, 0.2) is 24.3 Å². The Bertz CT molecular complexity index is 337. The third-order valence-electron chi connectivity index (χ3n) is 3.88. The molecule has 88 valence electrons. The highest BCUT2D eigenvalue weighted by atomic mass is 35.5. The van der Waals surface area contributed by atoms with Crippen molar-refractivity contribution in [3.05, 3.63) is 34.9 Å². The van der Waals surface area contributed by atoms with E-state index in [1.165, 1.54) is 37.7 Å². The van der Waals surface area contributed by atoms with Crippen LogP contribution in [0.4, 0.5) is 0 Å². The molecule has 0 amide bonds. The molecule has 2 heteroatoms. The Kier molecular flexibility index (Phi) is 3.88. The average molecular weight is 238 g/mol. The lowest BCUT2D eigenvalue weighted by Gasteiger charge is -2.38. The van der Waals surface area contributed by atoms with Gasteiger partial charge in [-0.2, -0.15) is 0 Å². The van der Waals surface area contributed by atoms with Gasteiger partial charge in [0.2, 0.25) is 0 Å². The van der Waals surface area contributed by atoms with Crippen molar-refractivity contribution in [2.24, 2.45) is 5.73 Å². The molecule has 1 saturated carbocycles. The lowest BCUT2D eigenvalue weighted by atomic mass is 9.67. The maximum Gasteiger partial charge on any atom is 0.0443 e. The van der Waals surface area contributed by atoms with E-state index in [2.05, 4.69) is 12.1 Å². The predicted molar refractivity (Wildman–Crippen MR) is 69.9 cm³/mol. The summed E-state index contributed by atoms with van der Waals surface area (Å²) in [7, 11) is 0. The van der Waals surface area contributed by atoms with Crippen LogP contribution in [0.25, 0.3) is 0 Å². The Morgan fingerprint density at radius 3 is 2.44 bits per heavy atom. The summed E-state index contributed by atoms with van der Waals surface area (Å²) in [4.78, 5) is 0. The molecule has 1 aromatic carbocycles. The van der Waals surface area contributed by atoms with Gasteiger partial charge in [-0.1, -0.05) is 49.1 Å². The van der Waals surface area contributed by atoms with Crippen molar-refractivity contribution in [1.29, 1.82) is 0 Å². The van der Waals surface area contributed by atoms with Crippen molar-refractivity contribution in [2.75, 3.05) is 6.54 Å². The number of hydrogen-bond donors (Lipinski definition) is 1. The number of nitrogens with two attached hydrogens (primary N) is 1. The second-order valence-corrected chi connectivity index (χ2v) is 5.27. The van der Waals surface area contributed by atoms with Gasteiger partial charge in [0.25, 0.3) is 0 Å². The number of rotatable bonds is 3. The molecule has 0 spiro atoms. The molecular weight excluding hydrogens is 218 g/mol. The molecule has 0 saturated heterocycles. The van der Waals surface area contributed by atoms with E-state index in [9.17, 15) is 0 Å². The third-order valence-corrected chi connectivity index (χ3v) is 4.21. The minimum absolute atomic E-state index is 0.255. The molecular formula is C14H20ClN. The highest BCUT2D eigenvalue weighted by molar-refractivity contribution is 6.31. The van der Waals surface area contributed by atoms with E-state index in [0.29, 0.717) is 0 Å². The maximum atomic E-state index is 6.34. The molecule has 1 aliphatic rings. The summed E-state index contributed by atoms with van der Waals surface area (Å²) in [5, 5.41) is 0.915. The van der Waals surface area contributed by atoms with Crippen molar-refractivity contribution in [1.82, 2.24) is 0 Å². The van der Waals surface area contributed by atoms with E-state index in [4.69, 9.17) is 17.3 Å². The van der Waals surface area contributed by atoms with Crippen LogP contribution in [0.1, 0.15) is 44.1 Å². The fourth-order valence-electron chi connectivity index (χ4n) is 3.05. The lowest BCUT2D eigenvalue weighted by Crippen LogP contribution is -2.32. The van der Waals surface area contributed by atoms with Gasteiger partial charge in [-0.15, -0.1) is 0 Å². The fourth-order valence-corrected chi connectivity index (χ4v) is 3.39. The zero-order valence-corrected chi connectivity index (χ0v) is 10.5. The molecule has 0 bridgehead atoms. The van der Waals surface area contributed by atoms with E-state index in [1.54, 1.807) is 0 Å². The van der Waals surface area contributed by atoms with E-state index < -0.39 is 0 Å². The van der Waals surface area contributed by atoms with Gasteiger partial charge in [-0.3, -0.25) is 0 Å². The molecule has 0 aliphatic heterocycles. The highest BCUT2D eigenvalue weighted by Crippen LogP contribution is 2.44. The molecule has 1 aromatic rings. The lowest BCUT2D eigenvalue weighted by molar-refractivity contribution is 0.278. The number of halogens is 1. The van der Waals surface area contributed by atoms with Crippen LogP contribution in [0.5, 0.6) is 0 Å². The van der Waals surface area contributed by atoms with Gasteiger partial charge in [-0.05, 0) is 42.9 Å². The molecule has 2 rings (SSSR count). The molecule has 1 nitrogen and oxygen atoms in total. The second-order valence-electron chi connectivity index (χ2n) is 4.86. The molecule has 0 atom stereocenters. The molecule has 0 heterocycles. The van der Waals surface area contributed by atoms with Gasteiger partial charge in [-0.25, -0.2) is 0 Å². The van der Waals surface area contributed by atoms with Crippen LogP contribution in [0.2, 0.25) is 5.02 Å². The quantitative estimate of drug-likeness (QED) is 0.848. The minimum atomic E-state index is 0.255. The predicted octanol–water partition coefficient (Wildman–Crippen LogP) is 3.89. The largest absolute Gasteiger partial charge is 0.330 e. The third kappa shape index (κ3) is 2.26. The van der Waals surface area contributed by atoms with Crippen LogP contribution in [-0.2, 0) is 5.41 Å². The van der Waals surface area contributed by atoms with Gasteiger partial charge < -0.3 is 5.73 Å². The van der Waals surface area contributed by atoms with Crippen LogP contribution in [0.3, 0.4) is 0 Å². The normalized spacial score (nSPS) is 19.6. The summed E-state index contributed by atoms with van der Waals surface area (Å²) in [6.45, 7) is 0.755. The Balaban J connectivity index is 2.34. The number of hydrogen-bond acceptors (Lipinski definition) is 1. The monoisotopic (exact) mass is 237 g/mol. The van der Waals surface area contributed by atoms with Crippen molar-refractivity contribution in [2.45, 2.75) is 43.9 Å². The molecule has 2 N–H and O–H groups in total. The summed E-state index contributed by atoms with van der Waals surface area (Å²) in [6, 6.07) is 8.28. The Hall–Kier alpha value is -0.530. The van der Waals surface area contributed by atoms with Crippen molar-refractivity contribution < 1.29 is 0 Å². The SMILES string of the molecule is NCCC1(c2ccccc2Cl)CCCCC1. The summed E-state index contributed by atoms with van der Waals surface area (Å²) in [5.41, 5.74) is 7.37. The van der Waals surface area contributed by atoms with Crippen LogP contribution >= 0.6 is 11.6 Å². The zero-order valence-electron chi connectivity index (χ0n) is 9.71. The van der Waals surface area contributed by atoms with Gasteiger partial charge in [0, 0.05) is 5.02 Å². The summed E-state index contributed by atoms with van der Waals surface area (Å²) >= 11 is 6.34. The van der Waals surface area contributed by atoms with Gasteiger partial charge >= 0.3 is 0 Å². The first-order valence-corrected chi connectivity index (χ1v) is 6.61. The smallest absolute Gasteiger partial charge is 0.0443 e. The fraction of sp³-hybridized carbons (Fsp3) is 0.571. The molecule has 0 radical (unpaired) electrons. The Morgan fingerprint density at radius 2 is 1.81 bits per heavy atom. The molecule has 1 aliphatic carbocycles. The topological polar surface area (TPSA) is 26.0 Å². The maximum absolute atomic E-state index is 6.34. The first kappa shape index (κ1) is 11.9. The second kappa shape index (κ2) is 5.20. The Morgan fingerprint density at radius 1 is 1.12 bits per heavy atom. The van der Waals surface area contributed by atoms with Gasteiger partial charge in [0.15, 0.2) is 0 Å². The van der Waals surface area contributed by atoms with E-state index in [-0.39, 0.29) is 5.41 Å². The van der Waals surface area contributed by atoms with Gasteiger partial charge in [0.05, 0.1) is 0 Å². The average Bonchev–Trinajstić information content (AvgIpc) is 2.31. The van der Waals surface area contributed by atoms with Crippen LogP contribution in [-0.4, -0.2) is 6.54 Å². The summed E-state index contributed by atoms with van der Waals surface area (Å²) in [5.74, 6) is 0. The summed E-state index contributed by atoms with van der Waals surface area (Å²) < 4.78 is 0. The van der Waals surface area contributed by atoms with Crippen molar-refractivity contribution >= 4 is 11.6 Å². The molecule has 1 fully saturated rings.